The lowest BCUT2D eigenvalue weighted by Crippen LogP contribution is -2.19. The van der Waals surface area contributed by atoms with Gasteiger partial charge >= 0.3 is 0 Å². The number of nitrogens with two attached hydrogens (primary N) is 1. The SMILES string of the molecule is CC(N)Cc1c(F)cccc1Sc1ccccc1Cl. The van der Waals surface area contributed by atoms with Gasteiger partial charge in [-0.2, -0.15) is 0 Å². The molecule has 0 bridgehead atoms. The molecule has 0 radical (unpaired) electrons. The molecule has 2 rings (SSSR count). The largest absolute Gasteiger partial charge is 0.328 e. The Balaban J connectivity index is 2.35. The van der Waals surface area contributed by atoms with E-state index in [4.69, 9.17) is 17.3 Å². The molecule has 1 nitrogen and oxygen atoms in total. The molecule has 0 spiro atoms. The molecule has 100 valence electrons. The fourth-order valence-corrected chi connectivity index (χ4v) is 3.05. The predicted molar refractivity (Wildman–Crippen MR) is 79.3 cm³/mol. The first-order valence-electron chi connectivity index (χ1n) is 6.03. The minimum absolute atomic E-state index is 0.0810. The van der Waals surface area contributed by atoms with Gasteiger partial charge in [0, 0.05) is 21.4 Å². The summed E-state index contributed by atoms with van der Waals surface area (Å²) in [4.78, 5) is 1.78. The molecule has 4 heteroatoms. The van der Waals surface area contributed by atoms with Gasteiger partial charge in [-0.15, -0.1) is 0 Å². The van der Waals surface area contributed by atoms with E-state index in [-0.39, 0.29) is 11.9 Å². The zero-order valence-corrected chi connectivity index (χ0v) is 12.1. The van der Waals surface area contributed by atoms with E-state index in [1.54, 1.807) is 6.07 Å². The molecule has 0 amide bonds. The average molecular weight is 296 g/mol. The van der Waals surface area contributed by atoms with Crippen LogP contribution in [0, 0.1) is 5.82 Å². The molecule has 0 saturated heterocycles. The summed E-state index contributed by atoms with van der Waals surface area (Å²) >= 11 is 7.60. The normalized spacial score (nSPS) is 12.4. The Hall–Kier alpha value is -1.03. The van der Waals surface area contributed by atoms with E-state index < -0.39 is 0 Å². The minimum atomic E-state index is -0.214. The maximum Gasteiger partial charge on any atom is 0.127 e. The second-order valence-electron chi connectivity index (χ2n) is 4.43. The quantitative estimate of drug-likeness (QED) is 0.897. The van der Waals surface area contributed by atoms with Gasteiger partial charge in [0.2, 0.25) is 0 Å². The van der Waals surface area contributed by atoms with Gasteiger partial charge in [-0.25, -0.2) is 4.39 Å². The van der Waals surface area contributed by atoms with Crippen molar-refractivity contribution in [3.63, 3.8) is 0 Å². The monoisotopic (exact) mass is 295 g/mol. The molecular formula is C15H15ClFNS. The van der Waals surface area contributed by atoms with Crippen molar-refractivity contribution in [2.24, 2.45) is 5.73 Å². The molecule has 2 aromatic carbocycles. The Morgan fingerprint density at radius 3 is 2.53 bits per heavy atom. The molecule has 1 unspecified atom stereocenters. The third kappa shape index (κ3) is 3.72. The summed E-state index contributed by atoms with van der Waals surface area (Å²) in [6.45, 7) is 1.87. The molecule has 0 aromatic heterocycles. The zero-order valence-electron chi connectivity index (χ0n) is 10.6. The number of benzene rings is 2. The third-order valence-electron chi connectivity index (χ3n) is 2.66. The van der Waals surface area contributed by atoms with E-state index >= 15 is 0 Å². The standard InChI is InChI=1S/C15H15ClFNS/c1-10(18)9-11-13(17)6-4-8-14(11)19-15-7-3-2-5-12(15)16/h2-8,10H,9,18H2,1H3. The van der Waals surface area contributed by atoms with Crippen LogP contribution in [0.15, 0.2) is 52.3 Å². The molecule has 0 aliphatic heterocycles. The van der Waals surface area contributed by atoms with Crippen LogP contribution in [0.25, 0.3) is 0 Å². The van der Waals surface area contributed by atoms with E-state index in [1.807, 2.05) is 37.3 Å². The highest BCUT2D eigenvalue weighted by atomic mass is 35.5. The van der Waals surface area contributed by atoms with Gasteiger partial charge in [0.25, 0.3) is 0 Å². The molecule has 1 atom stereocenters. The van der Waals surface area contributed by atoms with E-state index in [9.17, 15) is 4.39 Å². The van der Waals surface area contributed by atoms with Crippen LogP contribution in [0.2, 0.25) is 5.02 Å². The average Bonchev–Trinajstić information content (AvgIpc) is 2.36. The van der Waals surface area contributed by atoms with E-state index in [0.29, 0.717) is 17.0 Å². The highest BCUT2D eigenvalue weighted by Gasteiger charge is 2.12. The molecule has 0 fully saturated rings. The molecular weight excluding hydrogens is 281 g/mol. The lowest BCUT2D eigenvalue weighted by Gasteiger charge is -2.13. The highest BCUT2D eigenvalue weighted by Crippen LogP contribution is 2.36. The molecule has 0 aliphatic carbocycles. The first-order valence-corrected chi connectivity index (χ1v) is 7.22. The van der Waals surface area contributed by atoms with Crippen LogP contribution in [-0.2, 0) is 6.42 Å². The van der Waals surface area contributed by atoms with Gasteiger partial charge in [0.15, 0.2) is 0 Å². The highest BCUT2D eigenvalue weighted by molar-refractivity contribution is 7.99. The summed E-state index contributed by atoms with van der Waals surface area (Å²) in [5, 5.41) is 0.670. The van der Waals surface area contributed by atoms with Gasteiger partial charge in [-0.05, 0) is 37.6 Å². The van der Waals surface area contributed by atoms with Gasteiger partial charge < -0.3 is 5.73 Å². The number of hydrogen-bond donors (Lipinski definition) is 1. The van der Waals surface area contributed by atoms with Crippen molar-refractivity contribution >= 4 is 23.4 Å². The van der Waals surface area contributed by atoms with Gasteiger partial charge in [0.1, 0.15) is 5.82 Å². The molecule has 2 aromatic rings. The maximum absolute atomic E-state index is 13.9. The summed E-state index contributed by atoms with van der Waals surface area (Å²) in [5.41, 5.74) is 6.44. The van der Waals surface area contributed by atoms with Crippen LogP contribution in [0.4, 0.5) is 4.39 Å². The first kappa shape index (κ1) is 14.4. The Kier molecular flexibility index (Phi) is 4.86. The maximum atomic E-state index is 13.9. The number of halogens is 2. The second-order valence-corrected chi connectivity index (χ2v) is 5.92. The Labute approximate surface area is 122 Å². The lowest BCUT2D eigenvalue weighted by atomic mass is 10.1. The molecule has 0 heterocycles. The third-order valence-corrected chi connectivity index (χ3v) is 4.28. The van der Waals surface area contributed by atoms with E-state index in [2.05, 4.69) is 0 Å². The van der Waals surface area contributed by atoms with Gasteiger partial charge in [-0.3, -0.25) is 0 Å². The van der Waals surface area contributed by atoms with Crippen LogP contribution < -0.4 is 5.73 Å². The summed E-state index contributed by atoms with van der Waals surface area (Å²) in [6.07, 6.45) is 0.513. The van der Waals surface area contributed by atoms with Crippen molar-refractivity contribution in [3.8, 4) is 0 Å². The minimum Gasteiger partial charge on any atom is -0.328 e. The van der Waals surface area contributed by atoms with Crippen molar-refractivity contribution < 1.29 is 4.39 Å². The van der Waals surface area contributed by atoms with Gasteiger partial charge in [-0.1, -0.05) is 41.6 Å². The summed E-state index contributed by atoms with van der Waals surface area (Å²) in [7, 11) is 0. The van der Waals surface area contributed by atoms with Crippen LogP contribution in [0.3, 0.4) is 0 Å². The lowest BCUT2D eigenvalue weighted by molar-refractivity contribution is 0.588. The summed E-state index contributed by atoms with van der Waals surface area (Å²) in [5.74, 6) is -0.214. The smallest absolute Gasteiger partial charge is 0.127 e. The molecule has 0 saturated carbocycles. The van der Waals surface area contributed by atoms with E-state index in [0.717, 1.165) is 9.79 Å². The number of hydrogen-bond acceptors (Lipinski definition) is 2. The second kappa shape index (κ2) is 6.42. The van der Waals surface area contributed by atoms with Crippen LogP contribution in [0.1, 0.15) is 12.5 Å². The number of rotatable bonds is 4. The van der Waals surface area contributed by atoms with E-state index in [1.165, 1.54) is 17.8 Å². The van der Waals surface area contributed by atoms with Crippen molar-refractivity contribution in [3.05, 3.63) is 58.9 Å². The van der Waals surface area contributed by atoms with Crippen molar-refractivity contribution in [2.45, 2.75) is 29.2 Å². The first-order chi connectivity index (χ1) is 9.08. The topological polar surface area (TPSA) is 26.0 Å². The fourth-order valence-electron chi connectivity index (χ4n) is 1.80. The predicted octanol–water partition coefficient (Wildman–Crippen LogP) is 4.52. The Morgan fingerprint density at radius 1 is 1.16 bits per heavy atom. The van der Waals surface area contributed by atoms with Crippen LogP contribution >= 0.6 is 23.4 Å². The van der Waals surface area contributed by atoms with Crippen molar-refractivity contribution in [1.82, 2.24) is 0 Å². The fraction of sp³-hybridized carbons (Fsp3) is 0.200. The van der Waals surface area contributed by atoms with Crippen LogP contribution in [0.5, 0.6) is 0 Å². The molecule has 0 aliphatic rings. The zero-order chi connectivity index (χ0) is 13.8. The summed E-state index contributed by atoms with van der Waals surface area (Å²) in [6, 6.07) is 12.5. The molecule has 2 N–H and O–H groups in total. The van der Waals surface area contributed by atoms with Crippen LogP contribution in [-0.4, -0.2) is 6.04 Å². The Bertz CT molecular complexity index is 572. The van der Waals surface area contributed by atoms with Crippen molar-refractivity contribution in [2.75, 3.05) is 0 Å². The molecule has 19 heavy (non-hydrogen) atoms. The Morgan fingerprint density at radius 2 is 1.84 bits per heavy atom. The van der Waals surface area contributed by atoms with Crippen molar-refractivity contribution in [1.29, 1.82) is 0 Å². The van der Waals surface area contributed by atoms with Gasteiger partial charge in [0.05, 0.1) is 5.02 Å². The summed E-state index contributed by atoms with van der Waals surface area (Å²) < 4.78 is 13.9.